The molecule has 3 aromatic rings. The lowest BCUT2D eigenvalue weighted by Crippen LogP contribution is -2.31. The highest BCUT2D eigenvalue weighted by molar-refractivity contribution is 7.89. The summed E-state index contributed by atoms with van der Waals surface area (Å²) < 4.78 is 29.4. The van der Waals surface area contributed by atoms with Gasteiger partial charge in [0.25, 0.3) is 5.69 Å². The molecule has 12 heteroatoms. The largest absolute Gasteiger partial charge is 0.346 e. The highest BCUT2D eigenvalue weighted by Gasteiger charge is 2.17. The number of benzene rings is 1. The summed E-state index contributed by atoms with van der Waals surface area (Å²) in [5.41, 5.74) is -0.0939. The molecule has 28 heavy (non-hydrogen) atoms. The van der Waals surface area contributed by atoms with E-state index in [1.165, 1.54) is 4.57 Å². The number of rotatable bonds is 7. The van der Waals surface area contributed by atoms with Gasteiger partial charge in [0.1, 0.15) is 5.69 Å². The van der Waals surface area contributed by atoms with Crippen molar-refractivity contribution in [1.82, 2.24) is 24.1 Å². The Balaban J connectivity index is 1.71. The molecule has 2 heterocycles. The number of nitro groups is 1. The van der Waals surface area contributed by atoms with Crippen molar-refractivity contribution < 1.29 is 13.3 Å². The second-order valence-corrected chi connectivity index (χ2v) is 7.52. The molecule has 1 N–H and O–H groups in total. The van der Waals surface area contributed by atoms with E-state index < -0.39 is 20.6 Å². The van der Waals surface area contributed by atoms with E-state index in [1.807, 2.05) is 0 Å². The molecule has 0 saturated carbocycles. The molecule has 11 nitrogen and oxygen atoms in total. The fraction of sp³-hybridized carbons (Fsp3) is 0.188. The van der Waals surface area contributed by atoms with Crippen LogP contribution in [-0.2, 0) is 23.6 Å². The van der Waals surface area contributed by atoms with Crippen molar-refractivity contribution >= 4 is 15.7 Å². The van der Waals surface area contributed by atoms with Gasteiger partial charge in [-0.3, -0.25) is 19.7 Å². The summed E-state index contributed by atoms with van der Waals surface area (Å²) in [6.45, 7) is -0.0797. The Morgan fingerprint density at radius 1 is 1.18 bits per heavy atom. The van der Waals surface area contributed by atoms with E-state index >= 15 is 0 Å². The average Bonchev–Trinajstić information content (AvgIpc) is 2.97. The van der Waals surface area contributed by atoms with Crippen LogP contribution >= 0.6 is 0 Å². The van der Waals surface area contributed by atoms with Crippen LogP contribution in [0.2, 0.25) is 0 Å². The monoisotopic (exact) mass is 404 g/mol. The highest BCUT2D eigenvalue weighted by atomic mass is 32.2. The van der Waals surface area contributed by atoms with E-state index in [0.29, 0.717) is 11.5 Å². The number of pyridine rings is 1. The third-order valence-corrected chi connectivity index (χ3v) is 5.39. The number of hydrogen-bond donors (Lipinski definition) is 1. The van der Waals surface area contributed by atoms with Gasteiger partial charge in [-0.05, 0) is 24.3 Å². The summed E-state index contributed by atoms with van der Waals surface area (Å²) in [7, 11) is -2.32. The number of nitrogens with zero attached hydrogens (tertiary/aromatic N) is 5. The summed E-state index contributed by atoms with van der Waals surface area (Å²) in [5.74, 6) is 0.365. The van der Waals surface area contributed by atoms with Crippen LogP contribution in [0.15, 0.2) is 58.4 Å². The molecule has 0 amide bonds. The van der Waals surface area contributed by atoms with Gasteiger partial charge in [-0.2, -0.15) is 0 Å². The van der Waals surface area contributed by atoms with Gasteiger partial charge in [-0.1, -0.05) is 6.07 Å². The van der Waals surface area contributed by atoms with Crippen molar-refractivity contribution in [3.8, 4) is 11.5 Å². The first kappa shape index (κ1) is 19.4. The summed E-state index contributed by atoms with van der Waals surface area (Å²) >= 11 is 0. The van der Waals surface area contributed by atoms with Crippen molar-refractivity contribution in [3.05, 3.63) is 69.3 Å². The van der Waals surface area contributed by atoms with Crippen LogP contribution in [0.1, 0.15) is 0 Å². The standard InChI is InChI=1S/C16H16N6O5S/c1-20-15(14-4-2-3-9-17-14)19-21(16(20)23)11-10-18-28(26,27)13-7-5-12(6-8-13)22(24)25/h2-9,18H,10-11H2,1H3. The van der Waals surface area contributed by atoms with Crippen molar-refractivity contribution in [2.24, 2.45) is 7.05 Å². The first-order valence-electron chi connectivity index (χ1n) is 8.09. The molecule has 0 bridgehead atoms. The van der Waals surface area contributed by atoms with E-state index in [9.17, 15) is 23.3 Å². The molecule has 0 fully saturated rings. The molecule has 0 aliphatic rings. The van der Waals surface area contributed by atoms with Gasteiger partial charge in [0.15, 0.2) is 5.82 Å². The molecule has 0 atom stereocenters. The molecule has 0 aliphatic carbocycles. The van der Waals surface area contributed by atoms with Crippen LogP contribution in [0.4, 0.5) is 5.69 Å². The molecule has 0 aliphatic heterocycles. The number of nitrogens with one attached hydrogen (secondary N) is 1. The Morgan fingerprint density at radius 2 is 1.89 bits per heavy atom. The van der Waals surface area contributed by atoms with Gasteiger partial charge < -0.3 is 0 Å². The fourth-order valence-corrected chi connectivity index (χ4v) is 3.49. The van der Waals surface area contributed by atoms with Crippen LogP contribution in [0.5, 0.6) is 0 Å². The van der Waals surface area contributed by atoms with Gasteiger partial charge >= 0.3 is 5.69 Å². The van der Waals surface area contributed by atoms with Crippen molar-refractivity contribution in [3.63, 3.8) is 0 Å². The smallest absolute Gasteiger partial charge is 0.277 e. The second-order valence-electron chi connectivity index (χ2n) is 5.75. The molecule has 0 saturated heterocycles. The normalized spacial score (nSPS) is 11.5. The molecule has 1 aromatic carbocycles. The first-order valence-corrected chi connectivity index (χ1v) is 9.57. The number of nitro benzene ring substituents is 1. The SMILES string of the molecule is Cn1c(-c2ccccn2)nn(CCNS(=O)(=O)c2ccc([N+](=O)[O-])cc2)c1=O. The van der Waals surface area contributed by atoms with E-state index in [4.69, 9.17) is 0 Å². The van der Waals surface area contributed by atoms with E-state index in [1.54, 1.807) is 31.4 Å². The van der Waals surface area contributed by atoms with E-state index in [2.05, 4.69) is 14.8 Å². The van der Waals surface area contributed by atoms with Crippen LogP contribution in [0, 0.1) is 10.1 Å². The van der Waals surface area contributed by atoms with Crippen LogP contribution in [-0.4, -0.2) is 39.2 Å². The van der Waals surface area contributed by atoms with Gasteiger partial charge in [0, 0.05) is 31.9 Å². The number of non-ortho nitro benzene ring substituents is 1. The Kier molecular flexibility index (Phi) is 5.33. The van der Waals surface area contributed by atoms with Gasteiger partial charge in [-0.15, -0.1) is 5.10 Å². The van der Waals surface area contributed by atoms with Crippen LogP contribution in [0.25, 0.3) is 11.5 Å². The lowest BCUT2D eigenvalue weighted by molar-refractivity contribution is -0.384. The molecule has 0 unspecified atom stereocenters. The molecule has 0 radical (unpaired) electrons. The molecule has 146 valence electrons. The quantitative estimate of drug-likeness (QED) is 0.447. The summed E-state index contributed by atoms with van der Waals surface area (Å²) in [6.07, 6.45) is 1.58. The van der Waals surface area contributed by atoms with Crippen LogP contribution in [0.3, 0.4) is 0 Å². The first-order chi connectivity index (χ1) is 13.3. The van der Waals surface area contributed by atoms with Crippen LogP contribution < -0.4 is 10.4 Å². The van der Waals surface area contributed by atoms with Crippen molar-refractivity contribution in [2.45, 2.75) is 11.4 Å². The summed E-state index contributed by atoms with van der Waals surface area (Å²) in [6, 6.07) is 9.73. The molecular formula is C16H16N6O5S. The lowest BCUT2D eigenvalue weighted by atomic mass is 10.3. The molecule has 0 spiro atoms. The Labute approximate surface area is 159 Å². The second kappa shape index (κ2) is 7.70. The molecular weight excluding hydrogens is 388 g/mol. The predicted molar refractivity (Wildman–Crippen MR) is 99.0 cm³/mol. The maximum Gasteiger partial charge on any atom is 0.346 e. The fourth-order valence-electron chi connectivity index (χ4n) is 2.47. The number of aromatic nitrogens is 4. The lowest BCUT2D eigenvalue weighted by Gasteiger charge is -2.06. The topological polar surface area (TPSA) is 142 Å². The van der Waals surface area contributed by atoms with Gasteiger partial charge in [-0.25, -0.2) is 22.6 Å². The predicted octanol–water partition coefficient (Wildman–Crippen LogP) is 0.530. The Hall–Kier alpha value is -3.38. The minimum atomic E-state index is -3.88. The summed E-state index contributed by atoms with van der Waals surface area (Å²) in [4.78, 5) is 26.4. The summed E-state index contributed by atoms with van der Waals surface area (Å²) in [5, 5.41) is 14.8. The van der Waals surface area contributed by atoms with Gasteiger partial charge in [0.05, 0.1) is 16.4 Å². The zero-order chi connectivity index (χ0) is 20.3. The van der Waals surface area contributed by atoms with Crippen molar-refractivity contribution in [2.75, 3.05) is 6.54 Å². The maximum atomic E-state index is 12.3. The maximum absolute atomic E-state index is 12.3. The zero-order valence-corrected chi connectivity index (χ0v) is 15.5. The van der Waals surface area contributed by atoms with Crippen molar-refractivity contribution in [1.29, 1.82) is 0 Å². The average molecular weight is 404 g/mol. The third-order valence-electron chi connectivity index (χ3n) is 3.91. The van der Waals surface area contributed by atoms with E-state index in [0.717, 1.165) is 28.9 Å². The molecule has 3 rings (SSSR count). The van der Waals surface area contributed by atoms with Gasteiger partial charge in [0.2, 0.25) is 10.0 Å². The van der Waals surface area contributed by atoms with E-state index in [-0.39, 0.29) is 23.7 Å². The zero-order valence-electron chi connectivity index (χ0n) is 14.7. The third kappa shape index (κ3) is 3.97. The highest BCUT2D eigenvalue weighted by Crippen LogP contribution is 2.15. The Morgan fingerprint density at radius 3 is 2.50 bits per heavy atom. The minimum absolute atomic E-state index is 0.00567. The Bertz CT molecular complexity index is 1150. The number of sulfonamides is 1. The number of hydrogen-bond acceptors (Lipinski definition) is 7. The molecule has 2 aromatic heterocycles. The minimum Gasteiger partial charge on any atom is -0.277 e.